The summed E-state index contributed by atoms with van der Waals surface area (Å²) in [5.74, 6) is 2.49. The molecule has 3 nitrogen and oxygen atoms in total. The van der Waals surface area contributed by atoms with Crippen molar-refractivity contribution in [2.45, 2.75) is 11.8 Å². The number of benzene rings is 2. The molecule has 21 heavy (non-hydrogen) atoms. The predicted octanol–water partition coefficient (Wildman–Crippen LogP) is 3.84. The third-order valence-electron chi connectivity index (χ3n) is 3.55. The van der Waals surface area contributed by atoms with E-state index >= 15 is 0 Å². The van der Waals surface area contributed by atoms with Crippen molar-refractivity contribution in [3.63, 3.8) is 0 Å². The standard InChI is InChI=1S/C17H18NO2S/c1-12-5-4-6-13-10-18(11-21-17(12)13)14-7-15(19-2)9-16(8-14)20-3/h4-10H,11H2,1-3H3/q+1. The molecular formula is C17H18NO2S+. The molecule has 0 amide bonds. The lowest BCUT2D eigenvalue weighted by Gasteiger charge is -2.14. The zero-order chi connectivity index (χ0) is 14.8. The molecular weight excluding hydrogens is 282 g/mol. The van der Waals surface area contributed by atoms with Gasteiger partial charge in [-0.05, 0) is 18.6 Å². The van der Waals surface area contributed by atoms with Gasteiger partial charge in [0.2, 0.25) is 5.69 Å². The fourth-order valence-corrected chi connectivity index (χ4v) is 3.50. The Kier molecular flexibility index (Phi) is 3.88. The average molecular weight is 300 g/mol. The van der Waals surface area contributed by atoms with Crippen LogP contribution in [0.2, 0.25) is 0 Å². The fraction of sp³-hybridized carbons (Fsp3) is 0.235. The van der Waals surface area contributed by atoms with Crippen LogP contribution in [0, 0.1) is 6.92 Å². The Morgan fingerprint density at radius 3 is 2.43 bits per heavy atom. The Morgan fingerprint density at radius 1 is 1.05 bits per heavy atom. The van der Waals surface area contributed by atoms with Gasteiger partial charge in [-0.15, -0.1) is 0 Å². The first kappa shape index (κ1) is 14.0. The van der Waals surface area contributed by atoms with E-state index in [-0.39, 0.29) is 0 Å². The first-order valence-corrected chi connectivity index (χ1v) is 7.77. The zero-order valence-electron chi connectivity index (χ0n) is 12.4. The normalized spacial score (nSPS) is 13.4. The van der Waals surface area contributed by atoms with Crippen LogP contribution in [0.5, 0.6) is 11.5 Å². The van der Waals surface area contributed by atoms with Crippen LogP contribution in [0.3, 0.4) is 0 Å². The van der Waals surface area contributed by atoms with Gasteiger partial charge in [-0.2, -0.15) is 4.58 Å². The van der Waals surface area contributed by atoms with Crippen molar-refractivity contribution < 1.29 is 14.0 Å². The maximum Gasteiger partial charge on any atom is 0.213 e. The molecule has 0 radical (unpaired) electrons. The van der Waals surface area contributed by atoms with Gasteiger partial charge in [-0.1, -0.05) is 23.9 Å². The Balaban J connectivity index is 2.05. The van der Waals surface area contributed by atoms with E-state index in [1.54, 1.807) is 14.2 Å². The SMILES string of the molecule is COc1cc(OC)cc([N+]2=Cc3cccc(C)c3SC2)c1. The third-order valence-corrected chi connectivity index (χ3v) is 4.81. The lowest BCUT2D eigenvalue weighted by Crippen LogP contribution is -2.13. The molecule has 0 bridgehead atoms. The lowest BCUT2D eigenvalue weighted by molar-refractivity contribution is -0.411. The monoisotopic (exact) mass is 300 g/mol. The van der Waals surface area contributed by atoms with Crippen LogP contribution in [-0.4, -0.2) is 30.9 Å². The maximum atomic E-state index is 5.35. The second kappa shape index (κ2) is 5.82. The van der Waals surface area contributed by atoms with Gasteiger partial charge in [0, 0.05) is 11.0 Å². The Bertz CT molecular complexity index is 688. The van der Waals surface area contributed by atoms with E-state index in [1.165, 1.54) is 16.0 Å². The number of methoxy groups -OCH3 is 2. The van der Waals surface area contributed by atoms with E-state index in [2.05, 4.69) is 35.9 Å². The molecule has 2 aromatic rings. The predicted molar refractivity (Wildman–Crippen MR) is 86.5 cm³/mol. The van der Waals surface area contributed by atoms with Crippen molar-refractivity contribution in [1.82, 2.24) is 0 Å². The summed E-state index contributed by atoms with van der Waals surface area (Å²) < 4.78 is 12.9. The molecule has 1 heterocycles. The Labute approximate surface area is 129 Å². The number of fused-ring (bicyclic) bond motifs is 1. The van der Waals surface area contributed by atoms with E-state index in [9.17, 15) is 0 Å². The minimum absolute atomic E-state index is 0.804. The molecule has 3 rings (SSSR count). The number of hydrogen-bond acceptors (Lipinski definition) is 3. The van der Waals surface area contributed by atoms with Crippen LogP contribution in [0.4, 0.5) is 5.69 Å². The summed E-state index contributed by atoms with van der Waals surface area (Å²) in [4.78, 5) is 1.36. The van der Waals surface area contributed by atoms with Gasteiger partial charge in [-0.3, -0.25) is 0 Å². The Hall–Kier alpha value is -1.94. The highest BCUT2D eigenvalue weighted by Gasteiger charge is 2.21. The van der Waals surface area contributed by atoms with Crippen molar-refractivity contribution >= 4 is 23.7 Å². The highest BCUT2D eigenvalue weighted by molar-refractivity contribution is 7.99. The summed E-state index contributed by atoms with van der Waals surface area (Å²) >= 11 is 1.86. The van der Waals surface area contributed by atoms with Gasteiger partial charge in [0.05, 0.1) is 31.9 Å². The van der Waals surface area contributed by atoms with Crippen LogP contribution in [0.1, 0.15) is 11.1 Å². The van der Waals surface area contributed by atoms with Gasteiger partial charge in [-0.25, -0.2) is 0 Å². The van der Waals surface area contributed by atoms with Crippen LogP contribution in [0.25, 0.3) is 0 Å². The molecule has 1 aliphatic heterocycles. The summed E-state index contributed by atoms with van der Waals surface area (Å²) in [6, 6.07) is 12.4. The number of hydrogen-bond donors (Lipinski definition) is 0. The second-order valence-electron chi connectivity index (χ2n) is 4.94. The number of rotatable bonds is 3. The van der Waals surface area contributed by atoms with Crippen molar-refractivity contribution in [3.05, 3.63) is 47.5 Å². The van der Waals surface area contributed by atoms with E-state index in [4.69, 9.17) is 9.47 Å². The molecule has 0 saturated heterocycles. The quantitative estimate of drug-likeness (QED) is 0.804. The van der Waals surface area contributed by atoms with Gasteiger partial charge in [0.1, 0.15) is 11.5 Å². The van der Waals surface area contributed by atoms with Gasteiger partial charge in [0.25, 0.3) is 0 Å². The molecule has 0 fully saturated rings. The summed E-state index contributed by atoms with van der Waals surface area (Å²) in [6.45, 7) is 2.16. The summed E-state index contributed by atoms with van der Waals surface area (Å²) in [6.07, 6.45) is 2.19. The lowest BCUT2D eigenvalue weighted by atomic mass is 10.1. The Morgan fingerprint density at radius 2 is 1.76 bits per heavy atom. The molecule has 0 unspecified atom stereocenters. The largest absolute Gasteiger partial charge is 0.496 e. The first-order chi connectivity index (χ1) is 10.2. The van der Waals surface area contributed by atoms with E-state index in [1.807, 2.05) is 30.0 Å². The zero-order valence-corrected chi connectivity index (χ0v) is 13.2. The average Bonchev–Trinajstić information content (AvgIpc) is 2.54. The number of ether oxygens (including phenoxy) is 2. The molecule has 0 N–H and O–H groups in total. The number of thioether (sulfide) groups is 1. The summed E-state index contributed by atoms with van der Waals surface area (Å²) in [5.41, 5.74) is 3.66. The number of nitrogens with zero attached hydrogens (tertiary/aromatic N) is 1. The minimum Gasteiger partial charge on any atom is -0.496 e. The van der Waals surface area contributed by atoms with Crippen LogP contribution >= 0.6 is 11.8 Å². The van der Waals surface area contributed by atoms with Gasteiger partial charge >= 0.3 is 0 Å². The molecule has 108 valence electrons. The van der Waals surface area contributed by atoms with Crippen molar-refractivity contribution in [2.75, 3.05) is 20.1 Å². The van der Waals surface area contributed by atoms with E-state index < -0.39 is 0 Å². The molecule has 2 aromatic carbocycles. The molecule has 0 atom stereocenters. The highest BCUT2D eigenvalue weighted by Crippen LogP contribution is 2.33. The van der Waals surface area contributed by atoms with Gasteiger partial charge in [0.15, 0.2) is 12.1 Å². The maximum absolute atomic E-state index is 5.35. The molecule has 1 aliphatic rings. The second-order valence-corrected chi connectivity index (χ2v) is 5.89. The molecule has 0 spiro atoms. The number of aryl methyl sites for hydroxylation is 1. The van der Waals surface area contributed by atoms with Crippen LogP contribution in [-0.2, 0) is 0 Å². The topological polar surface area (TPSA) is 21.5 Å². The van der Waals surface area contributed by atoms with Crippen molar-refractivity contribution in [3.8, 4) is 11.5 Å². The van der Waals surface area contributed by atoms with E-state index in [0.717, 1.165) is 23.1 Å². The third kappa shape index (κ3) is 2.76. The highest BCUT2D eigenvalue weighted by atomic mass is 32.2. The van der Waals surface area contributed by atoms with Gasteiger partial charge < -0.3 is 9.47 Å². The summed E-state index contributed by atoms with van der Waals surface area (Å²) in [7, 11) is 3.35. The molecule has 4 heteroatoms. The van der Waals surface area contributed by atoms with Crippen LogP contribution < -0.4 is 9.47 Å². The molecule has 0 aliphatic carbocycles. The molecule has 0 saturated carbocycles. The fourth-order valence-electron chi connectivity index (χ4n) is 2.42. The smallest absolute Gasteiger partial charge is 0.213 e. The summed E-state index contributed by atoms with van der Waals surface area (Å²) in [5, 5.41) is 0. The van der Waals surface area contributed by atoms with Crippen molar-refractivity contribution in [1.29, 1.82) is 0 Å². The first-order valence-electron chi connectivity index (χ1n) is 6.78. The van der Waals surface area contributed by atoms with Crippen molar-refractivity contribution in [2.24, 2.45) is 0 Å². The minimum atomic E-state index is 0.804. The molecule has 0 aromatic heterocycles. The van der Waals surface area contributed by atoms with E-state index in [0.29, 0.717) is 0 Å². The van der Waals surface area contributed by atoms with Crippen LogP contribution in [0.15, 0.2) is 41.3 Å².